The topological polar surface area (TPSA) is 69.6 Å². The van der Waals surface area contributed by atoms with E-state index in [2.05, 4.69) is 11.4 Å². The van der Waals surface area contributed by atoms with Gasteiger partial charge in [-0.05, 0) is 49.9 Å². The molecule has 2 aliphatic rings. The Bertz CT molecular complexity index is 663. The normalized spacial score (nSPS) is 26.2. The van der Waals surface area contributed by atoms with Crippen molar-refractivity contribution in [2.75, 3.05) is 18.1 Å². The Balaban J connectivity index is 1.65. The molecule has 2 amide bonds. The largest absolute Gasteiger partial charge is 0.396 e. The molecule has 1 aliphatic heterocycles. The van der Waals surface area contributed by atoms with Crippen molar-refractivity contribution < 1.29 is 14.7 Å². The van der Waals surface area contributed by atoms with Crippen LogP contribution in [-0.4, -0.2) is 36.1 Å². The molecule has 0 saturated carbocycles. The van der Waals surface area contributed by atoms with Crippen LogP contribution in [0.15, 0.2) is 30.4 Å². The number of amides is 2. The third-order valence-electron chi connectivity index (χ3n) is 4.77. The van der Waals surface area contributed by atoms with Crippen molar-refractivity contribution in [1.29, 1.82) is 0 Å². The van der Waals surface area contributed by atoms with Crippen LogP contribution in [0.3, 0.4) is 0 Å². The van der Waals surface area contributed by atoms with E-state index in [9.17, 15) is 9.59 Å². The van der Waals surface area contributed by atoms with E-state index in [1.807, 2.05) is 38.1 Å². The quantitative estimate of drug-likeness (QED) is 0.653. The average Bonchev–Trinajstić information content (AvgIpc) is 3.12. The summed E-state index contributed by atoms with van der Waals surface area (Å²) >= 11 is 0. The van der Waals surface area contributed by atoms with Gasteiger partial charge in [-0.15, -0.1) is 0 Å². The maximum Gasteiger partial charge on any atom is 0.239 e. The van der Waals surface area contributed by atoms with Gasteiger partial charge in [0.05, 0.1) is 0 Å². The highest BCUT2D eigenvalue weighted by Crippen LogP contribution is 2.27. The highest BCUT2D eigenvalue weighted by Gasteiger charge is 2.38. The molecule has 1 aliphatic carbocycles. The van der Waals surface area contributed by atoms with Crippen molar-refractivity contribution in [3.63, 3.8) is 0 Å². The van der Waals surface area contributed by atoms with E-state index in [1.165, 1.54) is 0 Å². The van der Waals surface area contributed by atoms with Crippen LogP contribution in [0.25, 0.3) is 0 Å². The summed E-state index contributed by atoms with van der Waals surface area (Å²) in [6, 6.07) is 5.95. The third kappa shape index (κ3) is 3.36. The molecule has 128 valence electrons. The van der Waals surface area contributed by atoms with Crippen LogP contribution in [-0.2, 0) is 9.59 Å². The lowest BCUT2D eigenvalue weighted by atomic mass is 10.1. The smallest absolute Gasteiger partial charge is 0.239 e. The number of carbonyl (C=O) groups excluding carboxylic acids is 2. The number of aliphatic hydroxyl groups excluding tert-OH is 1. The second-order valence-corrected chi connectivity index (χ2v) is 6.86. The van der Waals surface area contributed by atoms with Gasteiger partial charge in [0.1, 0.15) is 5.92 Å². The van der Waals surface area contributed by atoms with Crippen molar-refractivity contribution in [2.45, 2.75) is 32.7 Å². The molecular weight excluding hydrogens is 304 g/mol. The van der Waals surface area contributed by atoms with Gasteiger partial charge in [0.15, 0.2) is 0 Å². The first-order chi connectivity index (χ1) is 11.5. The molecule has 1 fully saturated rings. The van der Waals surface area contributed by atoms with Crippen LogP contribution in [0.5, 0.6) is 0 Å². The highest BCUT2D eigenvalue weighted by molar-refractivity contribution is 6.09. The molecule has 2 N–H and O–H groups in total. The van der Waals surface area contributed by atoms with Crippen LogP contribution < -0.4 is 10.2 Å². The molecule has 1 unspecified atom stereocenters. The molecule has 0 radical (unpaired) electrons. The first kappa shape index (κ1) is 16.7. The van der Waals surface area contributed by atoms with Crippen molar-refractivity contribution in [1.82, 2.24) is 5.32 Å². The Morgan fingerprint density at radius 3 is 2.58 bits per heavy atom. The fraction of sp³-hybridized carbons (Fsp3) is 0.474. The van der Waals surface area contributed by atoms with Crippen molar-refractivity contribution in [3.05, 3.63) is 41.5 Å². The maximum atomic E-state index is 12.7. The molecule has 5 nitrogen and oxygen atoms in total. The molecule has 1 heterocycles. The van der Waals surface area contributed by atoms with Gasteiger partial charge in [-0.1, -0.05) is 18.2 Å². The molecule has 0 spiro atoms. The van der Waals surface area contributed by atoms with E-state index in [0.717, 1.165) is 16.8 Å². The Morgan fingerprint density at radius 2 is 1.96 bits per heavy atom. The first-order valence-electron chi connectivity index (χ1n) is 8.47. The molecule has 3 atom stereocenters. The zero-order chi connectivity index (χ0) is 17.3. The highest BCUT2D eigenvalue weighted by atomic mass is 16.3. The molecule has 24 heavy (non-hydrogen) atoms. The van der Waals surface area contributed by atoms with Crippen LogP contribution >= 0.6 is 0 Å². The van der Waals surface area contributed by atoms with Crippen LogP contribution in [0.1, 0.15) is 24.0 Å². The molecule has 1 saturated heterocycles. The Morgan fingerprint density at radius 1 is 1.25 bits per heavy atom. The van der Waals surface area contributed by atoms with Gasteiger partial charge in [-0.3, -0.25) is 9.59 Å². The van der Waals surface area contributed by atoms with E-state index < -0.39 is 5.92 Å². The summed E-state index contributed by atoms with van der Waals surface area (Å²) < 4.78 is 0. The number of carbonyl (C=O) groups is 2. The summed E-state index contributed by atoms with van der Waals surface area (Å²) in [6.07, 6.45) is 5.06. The molecule has 1 aromatic carbocycles. The number of nitrogens with zero attached hydrogens (tertiary/aromatic N) is 1. The summed E-state index contributed by atoms with van der Waals surface area (Å²) in [4.78, 5) is 26.8. The van der Waals surface area contributed by atoms with Crippen LogP contribution in [0.2, 0.25) is 0 Å². The van der Waals surface area contributed by atoms with Gasteiger partial charge in [0.2, 0.25) is 11.8 Å². The zero-order valence-corrected chi connectivity index (χ0v) is 14.2. The first-order valence-corrected chi connectivity index (χ1v) is 8.47. The number of rotatable bonds is 4. The second-order valence-electron chi connectivity index (χ2n) is 6.86. The lowest BCUT2D eigenvalue weighted by Gasteiger charge is -2.19. The Labute approximate surface area is 142 Å². The Kier molecular flexibility index (Phi) is 4.71. The van der Waals surface area contributed by atoms with E-state index >= 15 is 0 Å². The van der Waals surface area contributed by atoms with Gasteiger partial charge < -0.3 is 15.3 Å². The minimum Gasteiger partial charge on any atom is -0.396 e. The summed E-state index contributed by atoms with van der Waals surface area (Å²) in [5.41, 5.74) is 3.09. The minimum atomic E-state index is -0.618. The predicted molar refractivity (Wildman–Crippen MR) is 92.6 cm³/mol. The van der Waals surface area contributed by atoms with E-state index in [0.29, 0.717) is 19.4 Å². The number of hydrogen-bond donors (Lipinski definition) is 2. The summed E-state index contributed by atoms with van der Waals surface area (Å²) in [5.74, 6) is -0.855. The van der Waals surface area contributed by atoms with E-state index in [-0.39, 0.29) is 30.4 Å². The summed E-state index contributed by atoms with van der Waals surface area (Å²) in [6.45, 7) is 4.67. The van der Waals surface area contributed by atoms with Crippen LogP contribution in [0.4, 0.5) is 5.69 Å². The monoisotopic (exact) mass is 328 g/mol. The fourth-order valence-corrected chi connectivity index (χ4v) is 3.59. The summed E-state index contributed by atoms with van der Waals surface area (Å²) in [5, 5.41) is 12.1. The van der Waals surface area contributed by atoms with Crippen molar-refractivity contribution in [3.8, 4) is 0 Å². The van der Waals surface area contributed by atoms with Crippen molar-refractivity contribution in [2.24, 2.45) is 11.8 Å². The van der Waals surface area contributed by atoms with Crippen molar-refractivity contribution >= 4 is 17.5 Å². The van der Waals surface area contributed by atoms with E-state index in [4.69, 9.17) is 5.11 Å². The molecular formula is C19H24N2O3. The molecule has 0 aromatic heterocycles. The molecule has 1 aromatic rings. The fourth-order valence-electron chi connectivity index (χ4n) is 3.59. The van der Waals surface area contributed by atoms with Gasteiger partial charge in [0.25, 0.3) is 0 Å². The van der Waals surface area contributed by atoms with Gasteiger partial charge >= 0.3 is 0 Å². The zero-order valence-electron chi connectivity index (χ0n) is 14.2. The SMILES string of the molecule is Cc1cc(C)cc(N2CCC(C(=O)N[C@@H]3C=C[C@H](CO)C3)C2=O)c1. The van der Waals surface area contributed by atoms with Crippen LogP contribution in [0, 0.1) is 25.7 Å². The van der Waals surface area contributed by atoms with E-state index in [1.54, 1.807) is 4.90 Å². The standard InChI is InChI=1S/C19H24N2O3/c1-12-7-13(2)9-16(8-12)21-6-5-17(19(21)24)18(23)20-15-4-3-14(10-15)11-22/h3-4,7-9,14-15,17,22H,5-6,10-11H2,1-2H3,(H,20,23)/t14-,15+,17?/m0/s1. The number of aryl methyl sites for hydroxylation is 2. The average molecular weight is 328 g/mol. The van der Waals surface area contributed by atoms with Gasteiger partial charge in [-0.2, -0.15) is 0 Å². The predicted octanol–water partition coefficient (Wildman–Crippen LogP) is 1.71. The summed E-state index contributed by atoms with van der Waals surface area (Å²) in [7, 11) is 0. The Hall–Kier alpha value is -2.14. The number of benzene rings is 1. The molecule has 5 heteroatoms. The number of anilines is 1. The molecule has 3 rings (SSSR count). The lowest BCUT2D eigenvalue weighted by molar-refractivity contribution is -0.132. The molecule has 0 bridgehead atoms. The van der Waals surface area contributed by atoms with Gasteiger partial charge in [0, 0.05) is 30.8 Å². The lowest BCUT2D eigenvalue weighted by Crippen LogP contribution is -2.41. The maximum absolute atomic E-state index is 12.7. The number of hydrogen-bond acceptors (Lipinski definition) is 3. The second kappa shape index (κ2) is 6.77. The number of aliphatic hydroxyl groups is 1. The number of nitrogens with one attached hydrogen (secondary N) is 1. The third-order valence-corrected chi connectivity index (χ3v) is 4.77. The minimum absolute atomic E-state index is 0.0854. The van der Waals surface area contributed by atoms with Gasteiger partial charge in [-0.25, -0.2) is 0 Å².